The molecule has 1 amide bonds. The van der Waals surface area contributed by atoms with E-state index in [-0.39, 0.29) is 5.91 Å². The first-order chi connectivity index (χ1) is 10.8. The summed E-state index contributed by atoms with van der Waals surface area (Å²) >= 11 is 3.14. The number of nitrogens with one attached hydrogen (secondary N) is 1. The maximum atomic E-state index is 12.0. The third-order valence-corrected chi connectivity index (χ3v) is 4.76. The zero-order chi connectivity index (χ0) is 15.4. The average Bonchev–Trinajstić information content (AvgIpc) is 2.96. The molecule has 3 aromatic rings. The van der Waals surface area contributed by atoms with Crippen molar-refractivity contribution in [3.8, 4) is 0 Å². The molecule has 0 atom stereocenters. The highest BCUT2D eigenvalue weighted by Crippen LogP contribution is 2.32. The Morgan fingerprint density at radius 1 is 1.18 bits per heavy atom. The average molecular weight is 326 g/mol. The first-order valence-corrected chi connectivity index (χ1v) is 8.78. The Morgan fingerprint density at radius 2 is 2.00 bits per heavy atom. The van der Waals surface area contributed by atoms with Crippen LogP contribution in [0.2, 0.25) is 0 Å². The third kappa shape index (κ3) is 3.37. The highest BCUT2D eigenvalue weighted by molar-refractivity contribution is 7.98. The minimum Gasteiger partial charge on any atom is -0.298 e. The van der Waals surface area contributed by atoms with Crippen LogP contribution in [-0.2, 0) is 4.79 Å². The van der Waals surface area contributed by atoms with Crippen molar-refractivity contribution in [2.24, 2.45) is 0 Å². The molecule has 0 unspecified atom stereocenters. The zero-order valence-electron chi connectivity index (χ0n) is 11.9. The molecule has 0 aliphatic rings. The SMILES string of the molecule is CSc1cccc2sc(NC(=O)/C=C/c3ccccc3)nc12. The van der Waals surface area contributed by atoms with Crippen molar-refractivity contribution in [1.29, 1.82) is 0 Å². The lowest BCUT2D eigenvalue weighted by atomic mass is 10.2. The number of carbonyl (C=O) groups is 1. The van der Waals surface area contributed by atoms with E-state index in [2.05, 4.69) is 10.3 Å². The minimum absolute atomic E-state index is 0.173. The number of hydrogen-bond acceptors (Lipinski definition) is 4. The van der Waals surface area contributed by atoms with Gasteiger partial charge in [0.1, 0.15) is 0 Å². The van der Waals surface area contributed by atoms with E-state index in [1.807, 2.05) is 54.8 Å². The van der Waals surface area contributed by atoms with Gasteiger partial charge < -0.3 is 0 Å². The molecule has 0 bridgehead atoms. The van der Waals surface area contributed by atoms with Crippen LogP contribution < -0.4 is 5.32 Å². The molecule has 1 aromatic heterocycles. The molecule has 1 N–H and O–H groups in total. The van der Waals surface area contributed by atoms with Gasteiger partial charge in [-0.2, -0.15) is 0 Å². The second-order valence-corrected chi connectivity index (χ2v) is 6.44. The normalized spacial score (nSPS) is 11.1. The number of thiazole rings is 1. The van der Waals surface area contributed by atoms with Crippen molar-refractivity contribution < 1.29 is 4.79 Å². The van der Waals surface area contributed by atoms with E-state index in [1.165, 1.54) is 17.4 Å². The topological polar surface area (TPSA) is 42.0 Å². The molecule has 22 heavy (non-hydrogen) atoms. The minimum atomic E-state index is -0.173. The van der Waals surface area contributed by atoms with Crippen molar-refractivity contribution >= 4 is 50.4 Å². The summed E-state index contributed by atoms with van der Waals surface area (Å²) in [4.78, 5) is 17.6. The maximum Gasteiger partial charge on any atom is 0.250 e. The van der Waals surface area contributed by atoms with Crippen molar-refractivity contribution in [2.45, 2.75) is 4.90 Å². The van der Waals surface area contributed by atoms with E-state index >= 15 is 0 Å². The van der Waals surface area contributed by atoms with Crippen LogP contribution >= 0.6 is 23.1 Å². The van der Waals surface area contributed by atoms with Gasteiger partial charge >= 0.3 is 0 Å². The summed E-state index contributed by atoms with van der Waals surface area (Å²) in [6.07, 6.45) is 5.34. The number of rotatable bonds is 4. The van der Waals surface area contributed by atoms with Crippen LogP contribution in [0.5, 0.6) is 0 Å². The Kier molecular flexibility index (Phi) is 4.56. The molecule has 0 spiro atoms. The monoisotopic (exact) mass is 326 g/mol. The molecule has 0 saturated heterocycles. The number of anilines is 1. The van der Waals surface area contributed by atoms with Crippen LogP contribution in [0.3, 0.4) is 0 Å². The Bertz CT molecular complexity index is 825. The molecular weight excluding hydrogens is 312 g/mol. The number of benzene rings is 2. The van der Waals surface area contributed by atoms with Gasteiger partial charge in [-0.05, 0) is 30.0 Å². The van der Waals surface area contributed by atoms with Crippen molar-refractivity contribution in [3.05, 3.63) is 60.2 Å². The summed E-state index contributed by atoms with van der Waals surface area (Å²) in [5.74, 6) is -0.173. The Morgan fingerprint density at radius 3 is 2.77 bits per heavy atom. The molecule has 0 fully saturated rings. The largest absolute Gasteiger partial charge is 0.298 e. The van der Waals surface area contributed by atoms with Gasteiger partial charge in [-0.3, -0.25) is 10.1 Å². The molecular formula is C17H14N2OS2. The zero-order valence-corrected chi connectivity index (χ0v) is 13.6. The molecule has 3 nitrogen and oxygen atoms in total. The van der Waals surface area contributed by atoms with Gasteiger partial charge in [0, 0.05) is 11.0 Å². The van der Waals surface area contributed by atoms with Gasteiger partial charge in [0.05, 0.1) is 10.2 Å². The van der Waals surface area contributed by atoms with E-state index in [1.54, 1.807) is 17.8 Å². The molecule has 110 valence electrons. The molecule has 5 heteroatoms. The summed E-state index contributed by atoms with van der Waals surface area (Å²) in [5, 5.41) is 3.45. The fourth-order valence-corrected chi connectivity index (χ4v) is 3.55. The third-order valence-electron chi connectivity index (χ3n) is 3.06. The van der Waals surface area contributed by atoms with E-state index in [9.17, 15) is 4.79 Å². The van der Waals surface area contributed by atoms with Gasteiger partial charge in [0.2, 0.25) is 5.91 Å². The van der Waals surface area contributed by atoms with Gasteiger partial charge in [0.15, 0.2) is 5.13 Å². The predicted molar refractivity (Wildman–Crippen MR) is 95.5 cm³/mol. The predicted octanol–water partition coefficient (Wildman–Crippen LogP) is 4.67. The Balaban J connectivity index is 1.75. The number of para-hydroxylation sites is 1. The molecule has 0 saturated carbocycles. The number of nitrogens with zero attached hydrogens (tertiary/aromatic N) is 1. The van der Waals surface area contributed by atoms with Crippen molar-refractivity contribution in [3.63, 3.8) is 0 Å². The standard InChI is InChI=1S/C17H14N2OS2/c1-21-13-8-5-9-14-16(13)19-17(22-14)18-15(20)11-10-12-6-3-2-4-7-12/h2-11H,1H3,(H,18,19,20)/b11-10+. The number of fused-ring (bicyclic) bond motifs is 1. The summed E-state index contributed by atoms with van der Waals surface area (Å²) < 4.78 is 1.08. The van der Waals surface area contributed by atoms with Gasteiger partial charge in [0.25, 0.3) is 0 Å². The Labute approximate surface area is 137 Å². The van der Waals surface area contributed by atoms with Gasteiger partial charge in [-0.15, -0.1) is 11.8 Å². The molecule has 0 aliphatic carbocycles. The summed E-state index contributed by atoms with van der Waals surface area (Å²) in [5.41, 5.74) is 1.94. The highest BCUT2D eigenvalue weighted by atomic mass is 32.2. The van der Waals surface area contributed by atoms with Crippen molar-refractivity contribution in [2.75, 3.05) is 11.6 Å². The number of amides is 1. The Hall–Kier alpha value is -2.11. The van der Waals surface area contributed by atoms with E-state index in [4.69, 9.17) is 0 Å². The lowest BCUT2D eigenvalue weighted by Gasteiger charge is -1.96. The van der Waals surface area contributed by atoms with Crippen LogP contribution in [-0.4, -0.2) is 17.1 Å². The summed E-state index contributed by atoms with van der Waals surface area (Å²) in [6, 6.07) is 15.8. The number of hydrogen-bond donors (Lipinski definition) is 1. The molecule has 2 aromatic carbocycles. The number of thioether (sulfide) groups is 1. The highest BCUT2D eigenvalue weighted by Gasteiger charge is 2.08. The van der Waals surface area contributed by atoms with Crippen molar-refractivity contribution in [1.82, 2.24) is 4.98 Å². The van der Waals surface area contributed by atoms with Crippen LogP contribution in [0.4, 0.5) is 5.13 Å². The molecule has 0 aliphatic heterocycles. The summed E-state index contributed by atoms with van der Waals surface area (Å²) in [7, 11) is 0. The van der Waals surface area contributed by atoms with Crippen LogP contribution in [0.15, 0.2) is 59.5 Å². The second kappa shape index (κ2) is 6.77. The van der Waals surface area contributed by atoms with Crippen LogP contribution in [0, 0.1) is 0 Å². The number of carbonyl (C=O) groups excluding carboxylic acids is 1. The lowest BCUT2D eigenvalue weighted by molar-refractivity contribution is -0.111. The van der Waals surface area contributed by atoms with E-state index < -0.39 is 0 Å². The first-order valence-electron chi connectivity index (χ1n) is 6.74. The van der Waals surface area contributed by atoms with Gasteiger partial charge in [-0.1, -0.05) is 47.7 Å². The second-order valence-electron chi connectivity index (χ2n) is 4.56. The fourth-order valence-electron chi connectivity index (χ4n) is 2.02. The molecule has 1 heterocycles. The van der Waals surface area contributed by atoms with Crippen LogP contribution in [0.1, 0.15) is 5.56 Å². The van der Waals surface area contributed by atoms with Crippen LogP contribution in [0.25, 0.3) is 16.3 Å². The smallest absolute Gasteiger partial charge is 0.250 e. The lowest BCUT2D eigenvalue weighted by Crippen LogP contribution is -2.07. The first kappa shape index (κ1) is 14.8. The quantitative estimate of drug-likeness (QED) is 0.559. The molecule has 3 rings (SSSR count). The summed E-state index contributed by atoms with van der Waals surface area (Å²) in [6.45, 7) is 0. The van der Waals surface area contributed by atoms with Gasteiger partial charge in [-0.25, -0.2) is 4.98 Å². The number of aromatic nitrogens is 1. The fraction of sp³-hybridized carbons (Fsp3) is 0.0588. The van der Waals surface area contributed by atoms with E-state index in [0.717, 1.165) is 20.7 Å². The molecule has 0 radical (unpaired) electrons. The maximum absolute atomic E-state index is 12.0. The van der Waals surface area contributed by atoms with E-state index in [0.29, 0.717) is 5.13 Å².